The molecule has 0 saturated carbocycles. The normalized spacial score (nSPS) is 14.0. The predicted octanol–water partition coefficient (Wildman–Crippen LogP) is 4.77. The fraction of sp³-hybridized carbons (Fsp3) is 0.308. The highest BCUT2D eigenvalue weighted by Crippen LogP contribution is 2.37. The van der Waals surface area contributed by atoms with E-state index in [0.29, 0.717) is 24.2 Å². The molecule has 0 fully saturated rings. The van der Waals surface area contributed by atoms with Crippen LogP contribution in [0, 0.1) is 13.8 Å². The summed E-state index contributed by atoms with van der Waals surface area (Å²) in [6.45, 7) is 7.34. The summed E-state index contributed by atoms with van der Waals surface area (Å²) in [6, 6.07) is 18.2. The SMILES string of the molecule is Cc1cc(C)c(CCC(=O)c2ccc3c(c2)OCCN3C(C)c2ccccc2)c(=O)[nH]1. The lowest BCUT2D eigenvalue weighted by Crippen LogP contribution is -2.35. The Morgan fingerprint density at radius 2 is 1.90 bits per heavy atom. The van der Waals surface area contributed by atoms with Gasteiger partial charge in [-0.3, -0.25) is 9.59 Å². The molecule has 0 spiro atoms. The second-order valence-corrected chi connectivity index (χ2v) is 8.18. The van der Waals surface area contributed by atoms with Crippen LogP contribution in [-0.2, 0) is 6.42 Å². The van der Waals surface area contributed by atoms with Crippen molar-refractivity contribution in [2.45, 2.75) is 39.7 Å². The molecule has 0 saturated heterocycles. The van der Waals surface area contributed by atoms with Gasteiger partial charge in [0.15, 0.2) is 5.78 Å². The van der Waals surface area contributed by atoms with Crippen molar-refractivity contribution in [1.29, 1.82) is 0 Å². The van der Waals surface area contributed by atoms with E-state index in [0.717, 1.165) is 29.2 Å². The first-order valence-corrected chi connectivity index (χ1v) is 10.7. The number of anilines is 1. The molecule has 0 aliphatic carbocycles. The van der Waals surface area contributed by atoms with Gasteiger partial charge in [-0.2, -0.15) is 0 Å². The fourth-order valence-corrected chi connectivity index (χ4v) is 4.30. The Morgan fingerprint density at radius 1 is 1.13 bits per heavy atom. The van der Waals surface area contributed by atoms with Gasteiger partial charge in [0.1, 0.15) is 12.4 Å². The van der Waals surface area contributed by atoms with Crippen molar-refractivity contribution in [2.24, 2.45) is 0 Å². The van der Waals surface area contributed by atoms with Crippen molar-refractivity contribution in [2.75, 3.05) is 18.1 Å². The number of carbonyl (C=O) groups excluding carboxylic acids is 1. The van der Waals surface area contributed by atoms with E-state index in [1.807, 2.05) is 44.2 Å². The van der Waals surface area contributed by atoms with Gasteiger partial charge in [0.2, 0.25) is 0 Å². The van der Waals surface area contributed by atoms with E-state index in [1.54, 1.807) is 0 Å². The fourth-order valence-electron chi connectivity index (χ4n) is 4.30. The maximum atomic E-state index is 12.8. The van der Waals surface area contributed by atoms with Gasteiger partial charge in [-0.15, -0.1) is 0 Å². The van der Waals surface area contributed by atoms with Crippen molar-refractivity contribution in [3.05, 3.63) is 92.9 Å². The largest absolute Gasteiger partial charge is 0.490 e. The first-order chi connectivity index (χ1) is 14.9. The van der Waals surface area contributed by atoms with Crippen molar-refractivity contribution >= 4 is 11.5 Å². The number of H-pyrrole nitrogens is 1. The Morgan fingerprint density at radius 3 is 2.65 bits per heavy atom. The van der Waals surface area contributed by atoms with Crippen LogP contribution in [0.15, 0.2) is 59.4 Å². The third kappa shape index (κ3) is 4.41. The van der Waals surface area contributed by atoms with E-state index >= 15 is 0 Å². The van der Waals surface area contributed by atoms with Crippen molar-refractivity contribution in [3.63, 3.8) is 0 Å². The van der Waals surface area contributed by atoms with Gasteiger partial charge >= 0.3 is 0 Å². The lowest BCUT2D eigenvalue weighted by molar-refractivity contribution is 0.0982. The summed E-state index contributed by atoms with van der Waals surface area (Å²) < 4.78 is 5.90. The average Bonchev–Trinajstić information content (AvgIpc) is 2.77. The molecule has 5 nitrogen and oxygen atoms in total. The number of aryl methyl sites for hydroxylation is 2. The molecule has 0 bridgehead atoms. The van der Waals surface area contributed by atoms with Crippen LogP contribution < -0.4 is 15.2 Å². The van der Waals surface area contributed by atoms with Crippen LogP contribution >= 0.6 is 0 Å². The van der Waals surface area contributed by atoms with Crippen LogP contribution in [0.2, 0.25) is 0 Å². The average molecular weight is 417 g/mol. The predicted molar refractivity (Wildman–Crippen MR) is 123 cm³/mol. The Hall–Kier alpha value is -3.34. The molecule has 0 radical (unpaired) electrons. The minimum absolute atomic E-state index is 0.0130. The van der Waals surface area contributed by atoms with Crippen molar-refractivity contribution in [3.8, 4) is 5.75 Å². The summed E-state index contributed by atoms with van der Waals surface area (Å²) in [4.78, 5) is 30.2. The highest BCUT2D eigenvalue weighted by Gasteiger charge is 2.24. The van der Waals surface area contributed by atoms with E-state index in [9.17, 15) is 9.59 Å². The number of aromatic amines is 1. The number of aromatic nitrogens is 1. The molecule has 160 valence electrons. The highest BCUT2D eigenvalue weighted by molar-refractivity contribution is 5.97. The van der Waals surface area contributed by atoms with Crippen LogP contribution in [0.25, 0.3) is 0 Å². The minimum Gasteiger partial charge on any atom is -0.490 e. The van der Waals surface area contributed by atoms with E-state index in [4.69, 9.17) is 4.74 Å². The highest BCUT2D eigenvalue weighted by atomic mass is 16.5. The van der Waals surface area contributed by atoms with Crippen LogP contribution in [0.4, 0.5) is 5.69 Å². The third-order valence-electron chi connectivity index (χ3n) is 6.03. The molecule has 1 aromatic heterocycles. The van der Waals surface area contributed by atoms with Crippen LogP contribution in [-0.4, -0.2) is 23.9 Å². The van der Waals surface area contributed by atoms with Gasteiger partial charge in [0, 0.05) is 23.2 Å². The molecule has 1 aliphatic heterocycles. The van der Waals surface area contributed by atoms with E-state index in [2.05, 4.69) is 41.1 Å². The number of ether oxygens (including phenoxy) is 1. The Labute approximate surface area is 182 Å². The number of nitrogens with one attached hydrogen (secondary N) is 1. The first-order valence-electron chi connectivity index (χ1n) is 10.7. The number of carbonyl (C=O) groups is 1. The second-order valence-electron chi connectivity index (χ2n) is 8.18. The number of hydrogen-bond acceptors (Lipinski definition) is 4. The number of ketones is 1. The van der Waals surface area contributed by atoms with Gasteiger partial charge in [-0.1, -0.05) is 30.3 Å². The van der Waals surface area contributed by atoms with E-state index in [1.165, 1.54) is 5.56 Å². The van der Waals surface area contributed by atoms with Gasteiger partial charge in [-0.05, 0) is 62.6 Å². The lowest BCUT2D eigenvalue weighted by Gasteiger charge is -2.36. The smallest absolute Gasteiger partial charge is 0.251 e. The lowest BCUT2D eigenvalue weighted by atomic mass is 9.99. The molecule has 1 aliphatic rings. The van der Waals surface area contributed by atoms with Gasteiger partial charge in [0.25, 0.3) is 5.56 Å². The first kappa shape index (κ1) is 20.9. The summed E-state index contributed by atoms with van der Waals surface area (Å²) in [5, 5.41) is 0. The molecule has 31 heavy (non-hydrogen) atoms. The second kappa shape index (κ2) is 8.80. The maximum Gasteiger partial charge on any atom is 0.251 e. The molecular weight excluding hydrogens is 388 g/mol. The molecule has 5 heteroatoms. The van der Waals surface area contributed by atoms with Crippen molar-refractivity contribution in [1.82, 2.24) is 4.98 Å². The number of Topliss-reactive ketones (excluding diaryl/α,β-unsaturated/α-hetero) is 1. The summed E-state index contributed by atoms with van der Waals surface area (Å²) >= 11 is 0. The molecule has 1 atom stereocenters. The monoisotopic (exact) mass is 416 g/mol. The number of rotatable bonds is 6. The molecule has 4 rings (SSSR count). The topological polar surface area (TPSA) is 62.4 Å². The molecule has 3 aromatic rings. The van der Waals surface area contributed by atoms with Gasteiger partial charge in [-0.25, -0.2) is 0 Å². The Bertz CT molecular complexity index is 1150. The van der Waals surface area contributed by atoms with E-state index in [-0.39, 0.29) is 23.8 Å². The molecule has 2 aromatic carbocycles. The third-order valence-corrected chi connectivity index (χ3v) is 6.03. The molecule has 0 amide bonds. The molecule has 2 heterocycles. The summed E-state index contributed by atoms with van der Waals surface area (Å²) in [5.74, 6) is 0.753. The zero-order valence-electron chi connectivity index (χ0n) is 18.3. The number of fused-ring (bicyclic) bond motifs is 1. The molecule has 1 unspecified atom stereocenters. The van der Waals surface area contributed by atoms with Crippen molar-refractivity contribution < 1.29 is 9.53 Å². The number of hydrogen-bond donors (Lipinski definition) is 1. The van der Waals surface area contributed by atoms with Crippen LogP contribution in [0.1, 0.15) is 52.1 Å². The summed E-state index contributed by atoms with van der Waals surface area (Å²) in [6.07, 6.45) is 0.714. The van der Waals surface area contributed by atoms with Crippen LogP contribution in [0.3, 0.4) is 0 Å². The number of benzene rings is 2. The van der Waals surface area contributed by atoms with E-state index < -0.39 is 0 Å². The van der Waals surface area contributed by atoms with Gasteiger partial charge < -0.3 is 14.6 Å². The molecular formula is C26H28N2O3. The summed E-state index contributed by atoms with van der Waals surface area (Å²) in [7, 11) is 0. The summed E-state index contributed by atoms with van der Waals surface area (Å²) in [5.41, 5.74) is 5.20. The maximum absolute atomic E-state index is 12.8. The standard InChI is InChI=1S/C26H28N2O3/c1-17-15-18(2)27-26(30)22(17)10-12-24(29)21-9-11-23-25(16-21)31-14-13-28(23)19(3)20-7-5-4-6-8-20/h4-9,11,15-16,19H,10,12-14H2,1-3H3,(H,27,30). The zero-order chi connectivity index (χ0) is 22.0. The number of nitrogens with zero attached hydrogens (tertiary/aromatic N) is 1. The Kier molecular flexibility index (Phi) is 5.94. The zero-order valence-corrected chi connectivity index (χ0v) is 18.3. The van der Waals surface area contributed by atoms with Gasteiger partial charge in [0.05, 0.1) is 18.3 Å². The molecule has 1 N–H and O–H groups in total. The number of pyridine rings is 1. The minimum atomic E-state index is -0.107. The Balaban J connectivity index is 1.51. The quantitative estimate of drug-likeness (QED) is 0.588. The van der Waals surface area contributed by atoms with Crippen LogP contribution in [0.5, 0.6) is 5.75 Å².